The molecule has 3 N–H and O–H groups in total. The summed E-state index contributed by atoms with van der Waals surface area (Å²) in [5, 5.41) is 15.3. The highest BCUT2D eigenvalue weighted by molar-refractivity contribution is 6.40. The van der Waals surface area contributed by atoms with Gasteiger partial charge in [0.2, 0.25) is 0 Å². The van der Waals surface area contributed by atoms with Crippen LogP contribution in [-0.4, -0.2) is 29.6 Å². The molecule has 1 aromatic rings. The zero-order valence-corrected chi connectivity index (χ0v) is 14.0. The second-order valence-electron chi connectivity index (χ2n) is 6.08. The lowest BCUT2D eigenvalue weighted by molar-refractivity contribution is -0.137. The molecule has 0 aliphatic heterocycles. The van der Waals surface area contributed by atoms with Gasteiger partial charge >= 0.3 is 11.8 Å². The van der Waals surface area contributed by atoms with E-state index < -0.39 is 11.8 Å². The molecule has 2 rings (SSSR count). The lowest BCUT2D eigenvalue weighted by Crippen LogP contribution is -2.45. The molecule has 6 heteroatoms. The van der Waals surface area contributed by atoms with Gasteiger partial charge in [0.15, 0.2) is 0 Å². The lowest BCUT2D eigenvalue weighted by atomic mass is 9.95. The third-order valence-corrected chi connectivity index (χ3v) is 4.75. The number of aliphatic hydroxyl groups is 1. The largest absolute Gasteiger partial charge is 0.396 e. The molecule has 23 heavy (non-hydrogen) atoms. The van der Waals surface area contributed by atoms with E-state index in [2.05, 4.69) is 10.6 Å². The summed E-state index contributed by atoms with van der Waals surface area (Å²) in [5.41, 5.74) is 1.39. The first-order chi connectivity index (χ1) is 11.0. The number of carbonyl (C=O) groups excluding carboxylic acids is 2. The molecule has 5 nitrogen and oxygen atoms in total. The maximum Gasteiger partial charge on any atom is 0.313 e. The summed E-state index contributed by atoms with van der Waals surface area (Å²) >= 11 is 6.01. The van der Waals surface area contributed by atoms with Gasteiger partial charge < -0.3 is 15.7 Å². The fraction of sp³-hybridized carbons (Fsp3) is 0.529. The van der Waals surface area contributed by atoms with Crippen molar-refractivity contribution in [3.8, 4) is 0 Å². The molecule has 126 valence electrons. The van der Waals surface area contributed by atoms with E-state index in [0.29, 0.717) is 10.7 Å². The molecule has 2 unspecified atom stereocenters. The molecule has 0 radical (unpaired) electrons. The Labute approximate surface area is 141 Å². The number of anilines is 1. The second kappa shape index (κ2) is 8.31. The fourth-order valence-electron chi connectivity index (χ4n) is 2.89. The van der Waals surface area contributed by atoms with Crippen molar-refractivity contribution in [3.63, 3.8) is 0 Å². The first kappa shape index (κ1) is 17.8. The van der Waals surface area contributed by atoms with Gasteiger partial charge in [-0.2, -0.15) is 0 Å². The van der Waals surface area contributed by atoms with E-state index in [1.165, 1.54) is 0 Å². The molecule has 0 heterocycles. The quantitative estimate of drug-likeness (QED) is 0.585. The minimum absolute atomic E-state index is 0.0167. The van der Waals surface area contributed by atoms with Crippen LogP contribution in [0.25, 0.3) is 0 Å². The van der Waals surface area contributed by atoms with Crippen LogP contribution in [-0.2, 0) is 9.59 Å². The average Bonchev–Trinajstić information content (AvgIpc) is 2.75. The van der Waals surface area contributed by atoms with Gasteiger partial charge in [0, 0.05) is 29.3 Å². The standard InChI is InChI=1S/C17H23ClN2O3/c1-11-7-8-13(9-14(11)18)19-16(22)17(23)20-15-6-4-2-3-5-12(15)10-21/h7-9,12,15,21H,2-6,10H2,1H3,(H,19,22)(H,20,23). The Morgan fingerprint density at radius 2 is 1.96 bits per heavy atom. The number of aryl methyl sites for hydroxylation is 1. The Bertz CT molecular complexity index is 577. The molecule has 0 aromatic heterocycles. The summed E-state index contributed by atoms with van der Waals surface area (Å²) < 4.78 is 0. The van der Waals surface area contributed by atoms with Crippen LogP contribution >= 0.6 is 11.6 Å². The molecule has 1 aliphatic rings. The van der Waals surface area contributed by atoms with Crippen molar-refractivity contribution in [2.75, 3.05) is 11.9 Å². The molecule has 0 spiro atoms. The van der Waals surface area contributed by atoms with Crippen LogP contribution < -0.4 is 10.6 Å². The summed E-state index contributed by atoms with van der Waals surface area (Å²) in [5.74, 6) is -1.37. The number of hydrogen-bond donors (Lipinski definition) is 3. The highest BCUT2D eigenvalue weighted by Gasteiger charge is 2.26. The van der Waals surface area contributed by atoms with E-state index in [4.69, 9.17) is 11.6 Å². The Balaban J connectivity index is 1.95. The van der Waals surface area contributed by atoms with Crippen molar-refractivity contribution in [1.82, 2.24) is 5.32 Å². The van der Waals surface area contributed by atoms with Crippen LogP contribution in [0.15, 0.2) is 18.2 Å². The summed E-state index contributed by atoms with van der Waals surface area (Å²) in [4.78, 5) is 24.1. The number of rotatable bonds is 3. The average molecular weight is 339 g/mol. The lowest BCUT2D eigenvalue weighted by Gasteiger charge is -2.24. The smallest absolute Gasteiger partial charge is 0.313 e. The predicted molar refractivity (Wildman–Crippen MR) is 90.4 cm³/mol. The Kier molecular flexibility index (Phi) is 6.42. The molecule has 1 aromatic carbocycles. The van der Waals surface area contributed by atoms with Crippen molar-refractivity contribution < 1.29 is 14.7 Å². The molecule has 1 saturated carbocycles. The van der Waals surface area contributed by atoms with Crippen molar-refractivity contribution in [2.45, 2.75) is 45.1 Å². The van der Waals surface area contributed by atoms with E-state index in [-0.39, 0.29) is 18.6 Å². The number of benzene rings is 1. The van der Waals surface area contributed by atoms with E-state index in [1.54, 1.807) is 18.2 Å². The van der Waals surface area contributed by atoms with Crippen LogP contribution in [0.3, 0.4) is 0 Å². The highest BCUT2D eigenvalue weighted by atomic mass is 35.5. The van der Waals surface area contributed by atoms with Crippen LogP contribution in [0.5, 0.6) is 0 Å². The molecule has 2 amide bonds. The van der Waals surface area contributed by atoms with E-state index in [9.17, 15) is 14.7 Å². The third-order valence-electron chi connectivity index (χ3n) is 4.35. The Morgan fingerprint density at radius 1 is 1.22 bits per heavy atom. The number of hydrogen-bond acceptors (Lipinski definition) is 3. The van der Waals surface area contributed by atoms with Gasteiger partial charge in [0.1, 0.15) is 0 Å². The molecular weight excluding hydrogens is 316 g/mol. The first-order valence-electron chi connectivity index (χ1n) is 8.00. The van der Waals surface area contributed by atoms with Crippen molar-refractivity contribution in [1.29, 1.82) is 0 Å². The SMILES string of the molecule is Cc1ccc(NC(=O)C(=O)NC2CCCCCC2CO)cc1Cl. The van der Waals surface area contributed by atoms with E-state index in [0.717, 1.165) is 37.7 Å². The van der Waals surface area contributed by atoms with Gasteiger partial charge in [-0.25, -0.2) is 0 Å². The number of carbonyl (C=O) groups is 2. The first-order valence-corrected chi connectivity index (χ1v) is 8.38. The van der Waals surface area contributed by atoms with E-state index in [1.807, 2.05) is 6.92 Å². The van der Waals surface area contributed by atoms with Gasteiger partial charge in [0.05, 0.1) is 0 Å². The van der Waals surface area contributed by atoms with Crippen LogP contribution in [0.2, 0.25) is 5.02 Å². The minimum atomic E-state index is -0.717. The number of amides is 2. The van der Waals surface area contributed by atoms with Crippen LogP contribution in [0.4, 0.5) is 5.69 Å². The topological polar surface area (TPSA) is 78.4 Å². The minimum Gasteiger partial charge on any atom is -0.396 e. The number of aliphatic hydroxyl groups excluding tert-OH is 1. The Morgan fingerprint density at radius 3 is 2.65 bits per heavy atom. The van der Waals surface area contributed by atoms with Crippen molar-refractivity contribution in [3.05, 3.63) is 28.8 Å². The summed E-state index contributed by atoms with van der Waals surface area (Å²) in [6.45, 7) is 1.89. The molecule has 1 aliphatic carbocycles. The zero-order valence-electron chi connectivity index (χ0n) is 13.3. The summed E-state index contributed by atoms with van der Waals surface area (Å²) in [7, 11) is 0. The monoisotopic (exact) mass is 338 g/mol. The summed E-state index contributed by atoms with van der Waals surface area (Å²) in [6, 6.07) is 4.95. The number of halogens is 1. The van der Waals surface area contributed by atoms with Gasteiger partial charge in [-0.1, -0.05) is 36.9 Å². The number of nitrogens with one attached hydrogen (secondary N) is 2. The van der Waals surface area contributed by atoms with Crippen LogP contribution in [0.1, 0.15) is 37.7 Å². The second-order valence-corrected chi connectivity index (χ2v) is 6.49. The van der Waals surface area contributed by atoms with Crippen molar-refractivity contribution in [2.24, 2.45) is 5.92 Å². The highest BCUT2D eigenvalue weighted by Crippen LogP contribution is 2.23. The molecule has 0 bridgehead atoms. The van der Waals surface area contributed by atoms with Gasteiger partial charge in [-0.3, -0.25) is 9.59 Å². The molecule has 1 fully saturated rings. The maximum atomic E-state index is 12.1. The molecule has 2 atom stereocenters. The zero-order chi connectivity index (χ0) is 16.8. The fourth-order valence-corrected chi connectivity index (χ4v) is 3.07. The van der Waals surface area contributed by atoms with Gasteiger partial charge in [-0.15, -0.1) is 0 Å². The third kappa shape index (κ3) is 4.94. The Hall–Kier alpha value is -1.59. The van der Waals surface area contributed by atoms with E-state index >= 15 is 0 Å². The van der Waals surface area contributed by atoms with Gasteiger partial charge in [0.25, 0.3) is 0 Å². The maximum absolute atomic E-state index is 12.1. The molecular formula is C17H23ClN2O3. The predicted octanol–water partition coefficient (Wildman–Crippen LogP) is 2.64. The van der Waals surface area contributed by atoms with Gasteiger partial charge in [-0.05, 0) is 37.5 Å². The molecule has 0 saturated heterocycles. The normalized spacial score (nSPS) is 21.3. The van der Waals surface area contributed by atoms with Crippen LogP contribution in [0, 0.1) is 12.8 Å². The summed E-state index contributed by atoms with van der Waals surface area (Å²) in [6.07, 6.45) is 4.80. The van der Waals surface area contributed by atoms with Crippen molar-refractivity contribution >= 4 is 29.1 Å².